The SMILES string of the molecule is Cc1csc(C(Nc2ccccc2F)C(=O)O)n1. The molecule has 1 aromatic carbocycles. The number of hydrogen-bond acceptors (Lipinski definition) is 4. The molecule has 1 atom stereocenters. The highest BCUT2D eigenvalue weighted by Gasteiger charge is 2.23. The van der Waals surface area contributed by atoms with Crippen LogP contribution in [0.2, 0.25) is 0 Å². The van der Waals surface area contributed by atoms with Crippen molar-refractivity contribution in [3.05, 3.63) is 46.2 Å². The van der Waals surface area contributed by atoms with Crippen LogP contribution in [0.4, 0.5) is 10.1 Å². The number of anilines is 1. The monoisotopic (exact) mass is 266 g/mol. The predicted octanol–water partition coefficient (Wildman–Crippen LogP) is 2.83. The van der Waals surface area contributed by atoms with Crippen molar-refractivity contribution < 1.29 is 14.3 Å². The zero-order chi connectivity index (χ0) is 13.1. The molecule has 0 radical (unpaired) electrons. The molecule has 6 heteroatoms. The first-order chi connectivity index (χ1) is 8.58. The Hall–Kier alpha value is -1.95. The summed E-state index contributed by atoms with van der Waals surface area (Å²) >= 11 is 1.23. The first kappa shape index (κ1) is 12.5. The normalized spacial score (nSPS) is 12.1. The first-order valence-corrected chi connectivity index (χ1v) is 6.12. The van der Waals surface area contributed by atoms with Gasteiger partial charge >= 0.3 is 5.97 Å². The number of carboxylic acid groups (broad SMARTS) is 1. The van der Waals surface area contributed by atoms with E-state index in [2.05, 4.69) is 10.3 Å². The number of rotatable bonds is 4. The molecule has 0 saturated carbocycles. The largest absolute Gasteiger partial charge is 0.479 e. The Morgan fingerprint density at radius 1 is 1.50 bits per heavy atom. The molecule has 0 aliphatic carbocycles. The predicted molar refractivity (Wildman–Crippen MR) is 67.3 cm³/mol. The van der Waals surface area contributed by atoms with E-state index in [-0.39, 0.29) is 5.69 Å². The number of nitrogens with zero attached hydrogens (tertiary/aromatic N) is 1. The van der Waals surface area contributed by atoms with E-state index < -0.39 is 17.8 Å². The van der Waals surface area contributed by atoms with Gasteiger partial charge < -0.3 is 10.4 Å². The molecule has 2 aromatic rings. The number of carbonyl (C=O) groups is 1. The van der Waals surface area contributed by atoms with Crippen LogP contribution in [0.25, 0.3) is 0 Å². The van der Waals surface area contributed by atoms with Gasteiger partial charge in [0.25, 0.3) is 0 Å². The summed E-state index contributed by atoms with van der Waals surface area (Å²) in [5.74, 6) is -1.58. The second-order valence-corrected chi connectivity index (χ2v) is 4.61. The quantitative estimate of drug-likeness (QED) is 0.893. The van der Waals surface area contributed by atoms with Gasteiger partial charge in [-0.3, -0.25) is 0 Å². The minimum Gasteiger partial charge on any atom is -0.479 e. The number of aromatic nitrogens is 1. The Bertz CT molecular complexity index is 571. The molecule has 94 valence electrons. The molecule has 2 rings (SSSR count). The van der Waals surface area contributed by atoms with Gasteiger partial charge in [0.2, 0.25) is 0 Å². The molecule has 0 fully saturated rings. The molecule has 4 nitrogen and oxygen atoms in total. The van der Waals surface area contributed by atoms with Crippen molar-refractivity contribution >= 4 is 23.0 Å². The number of nitrogens with one attached hydrogen (secondary N) is 1. The molecule has 1 heterocycles. The van der Waals surface area contributed by atoms with Gasteiger partial charge in [-0.25, -0.2) is 14.2 Å². The molecule has 2 N–H and O–H groups in total. The lowest BCUT2D eigenvalue weighted by atomic mass is 10.2. The summed E-state index contributed by atoms with van der Waals surface area (Å²) in [6.07, 6.45) is 0. The molecule has 0 spiro atoms. The standard InChI is InChI=1S/C12H11FN2O2S/c1-7-6-18-11(14-7)10(12(16)17)15-9-5-3-2-4-8(9)13/h2-6,10,15H,1H3,(H,16,17). The first-order valence-electron chi connectivity index (χ1n) is 5.24. The fraction of sp³-hybridized carbons (Fsp3) is 0.167. The van der Waals surface area contributed by atoms with E-state index in [1.807, 2.05) is 0 Å². The smallest absolute Gasteiger partial charge is 0.333 e. The molecule has 18 heavy (non-hydrogen) atoms. The summed E-state index contributed by atoms with van der Waals surface area (Å²) in [6.45, 7) is 1.78. The fourth-order valence-electron chi connectivity index (χ4n) is 1.47. The topological polar surface area (TPSA) is 62.2 Å². The van der Waals surface area contributed by atoms with Crippen LogP contribution >= 0.6 is 11.3 Å². The second-order valence-electron chi connectivity index (χ2n) is 3.72. The van der Waals surface area contributed by atoms with Crippen molar-refractivity contribution in [2.75, 3.05) is 5.32 Å². The van der Waals surface area contributed by atoms with Gasteiger partial charge in [-0.15, -0.1) is 11.3 Å². The maximum absolute atomic E-state index is 13.5. The van der Waals surface area contributed by atoms with E-state index in [4.69, 9.17) is 5.11 Å². The minimum absolute atomic E-state index is 0.151. The molecule has 0 aliphatic rings. The second kappa shape index (κ2) is 5.14. The van der Waals surface area contributed by atoms with Crippen molar-refractivity contribution in [2.45, 2.75) is 13.0 Å². The van der Waals surface area contributed by atoms with Gasteiger partial charge in [-0.05, 0) is 19.1 Å². The van der Waals surface area contributed by atoms with E-state index in [1.54, 1.807) is 24.4 Å². The van der Waals surface area contributed by atoms with Gasteiger partial charge in [0.1, 0.15) is 10.8 Å². The molecule has 1 aromatic heterocycles. The summed E-state index contributed by atoms with van der Waals surface area (Å²) < 4.78 is 13.5. The lowest BCUT2D eigenvalue weighted by Crippen LogP contribution is -2.20. The Kier molecular flexibility index (Phi) is 3.57. The average Bonchev–Trinajstić information content (AvgIpc) is 2.74. The van der Waals surface area contributed by atoms with Crippen molar-refractivity contribution in [2.24, 2.45) is 0 Å². The summed E-state index contributed by atoms with van der Waals surface area (Å²) in [4.78, 5) is 15.3. The number of hydrogen-bond donors (Lipinski definition) is 2. The van der Waals surface area contributed by atoms with E-state index in [1.165, 1.54) is 23.5 Å². The fourth-order valence-corrected chi connectivity index (χ4v) is 2.30. The third-order valence-electron chi connectivity index (χ3n) is 2.30. The lowest BCUT2D eigenvalue weighted by molar-refractivity contribution is -0.138. The Morgan fingerprint density at radius 2 is 2.22 bits per heavy atom. The maximum Gasteiger partial charge on any atom is 0.333 e. The molecular weight excluding hydrogens is 255 g/mol. The van der Waals surface area contributed by atoms with E-state index in [0.29, 0.717) is 5.01 Å². The third kappa shape index (κ3) is 2.65. The Labute approximate surface area is 107 Å². The zero-order valence-corrected chi connectivity index (χ0v) is 10.4. The minimum atomic E-state index is -1.09. The summed E-state index contributed by atoms with van der Waals surface area (Å²) in [7, 11) is 0. The zero-order valence-electron chi connectivity index (χ0n) is 9.55. The number of carboxylic acids is 1. The van der Waals surface area contributed by atoms with Crippen LogP contribution in [0.15, 0.2) is 29.6 Å². The number of benzene rings is 1. The van der Waals surface area contributed by atoms with Gasteiger partial charge in [0.15, 0.2) is 6.04 Å². The summed E-state index contributed by atoms with van der Waals surface area (Å²) in [6, 6.07) is 4.90. The average molecular weight is 266 g/mol. The molecule has 1 unspecified atom stereocenters. The number of aryl methyl sites for hydroxylation is 1. The highest BCUT2D eigenvalue weighted by molar-refractivity contribution is 7.09. The van der Waals surface area contributed by atoms with Gasteiger partial charge in [0.05, 0.1) is 5.69 Å². The number of aliphatic carboxylic acids is 1. The summed E-state index contributed by atoms with van der Waals surface area (Å²) in [5.41, 5.74) is 0.898. The van der Waals surface area contributed by atoms with Crippen LogP contribution in [0, 0.1) is 12.7 Å². The van der Waals surface area contributed by atoms with E-state index >= 15 is 0 Å². The van der Waals surface area contributed by atoms with Crippen molar-refractivity contribution in [1.29, 1.82) is 0 Å². The highest BCUT2D eigenvalue weighted by atomic mass is 32.1. The molecular formula is C12H11FN2O2S. The van der Waals surface area contributed by atoms with Gasteiger partial charge in [0, 0.05) is 11.1 Å². The number of thiazole rings is 1. The number of halogens is 1. The maximum atomic E-state index is 13.5. The van der Waals surface area contributed by atoms with Gasteiger partial charge in [-0.2, -0.15) is 0 Å². The van der Waals surface area contributed by atoms with Crippen LogP contribution in [0.5, 0.6) is 0 Å². The molecule has 0 bridgehead atoms. The third-order valence-corrected chi connectivity index (χ3v) is 3.33. The number of para-hydroxylation sites is 1. The highest BCUT2D eigenvalue weighted by Crippen LogP contribution is 2.24. The van der Waals surface area contributed by atoms with E-state index in [9.17, 15) is 9.18 Å². The summed E-state index contributed by atoms with van der Waals surface area (Å²) in [5, 5.41) is 14.0. The van der Waals surface area contributed by atoms with Crippen LogP contribution in [-0.2, 0) is 4.79 Å². The Morgan fingerprint density at radius 3 is 2.78 bits per heavy atom. The van der Waals surface area contributed by atoms with Crippen LogP contribution < -0.4 is 5.32 Å². The van der Waals surface area contributed by atoms with Crippen LogP contribution in [-0.4, -0.2) is 16.1 Å². The lowest BCUT2D eigenvalue weighted by Gasteiger charge is -2.13. The van der Waals surface area contributed by atoms with Crippen molar-refractivity contribution in [3.8, 4) is 0 Å². The van der Waals surface area contributed by atoms with E-state index in [0.717, 1.165) is 5.69 Å². The Balaban J connectivity index is 2.28. The van der Waals surface area contributed by atoms with Crippen LogP contribution in [0.3, 0.4) is 0 Å². The van der Waals surface area contributed by atoms with Crippen LogP contribution in [0.1, 0.15) is 16.7 Å². The molecule has 0 saturated heterocycles. The van der Waals surface area contributed by atoms with Crippen molar-refractivity contribution in [1.82, 2.24) is 4.98 Å². The van der Waals surface area contributed by atoms with Crippen molar-refractivity contribution in [3.63, 3.8) is 0 Å². The molecule has 0 amide bonds. The van der Waals surface area contributed by atoms with Gasteiger partial charge in [-0.1, -0.05) is 12.1 Å². The molecule has 0 aliphatic heterocycles.